The van der Waals surface area contributed by atoms with Gasteiger partial charge in [-0.05, 0) is 36.7 Å². The lowest BCUT2D eigenvalue weighted by Gasteiger charge is -2.00. The second-order valence-electron chi connectivity index (χ2n) is 3.05. The fraction of sp³-hybridized carbons (Fsp3) is 0.182. The van der Waals surface area contributed by atoms with Crippen LogP contribution >= 0.6 is 0 Å². The van der Waals surface area contributed by atoms with Crippen molar-refractivity contribution in [1.82, 2.24) is 4.98 Å². The van der Waals surface area contributed by atoms with Crippen molar-refractivity contribution in [3.63, 3.8) is 0 Å². The van der Waals surface area contributed by atoms with Crippen LogP contribution < -0.4 is 5.73 Å². The number of rotatable bonds is 3. The summed E-state index contributed by atoms with van der Waals surface area (Å²) in [6.07, 6.45) is 6.04. The minimum atomic E-state index is 0.637. The molecule has 0 unspecified atom stereocenters. The van der Waals surface area contributed by atoms with E-state index in [2.05, 4.69) is 4.98 Å². The highest BCUT2D eigenvalue weighted by molar-refractivity contribution is 5.60. The Labute approximate surface area is 82.6 Å². The third kappa shape index (κ3) is 1.67. The van der Waals surface area contributed by atoms with Crippen LogP contribution in [0, 0.1) is 0 Å². The Hall–Kier alpha value is -1.61. The zero-order chi connectivity index (χ0) is 9.80. The predicted octanol–water partition coefficient (Wildman–Crippen LogP) is 1.84. The quantitative estimate of drug-likeness (QED) is 0.799. The molecule has 2 rings (SSSR count). The lowest BCUT2D eigenvalue weighted by Crippen LogP contribution is -2.02. The van der Waals surface area contributed by atoms with E-state index in [0.717, 1.165) is 23.3 Å². The van der Waals surface area contributed by atoms with Crippen LogP contribution in [0.1, 0.15) is 5.56 Å². The molecule has 3 heteroatoms. The van der Waals surface area contributed by atoms with Gasteiger partial charge in [-0.15, -0.1) is 0 Å². The van der Waals surface area contributed by atoms with E-state index in [1.165, 1.54) is 0 Å². The van der Waals surface area contributed by atoms with E-state index in [1.54, 1.807) is 18.7 Å². The summed E-state index contributed by atoms with van der Waals surface area (Å²) in [6.45, 7) is 0.637. The minimum Gasteiger partial charge on any atom is -0.464 e. The molecule has 0 fully saturated rings. The second kappa shape index (κ2) is 4.07. The van der Waals surface area contributed by atoms with Gasteiger partial charge in [0.15, 0.2) is 0 Å². The molecule has 0 aliphatic rings. The van der Waals surface area contributed by atoms with Crippen LogP contribution in [0.5, 0.6) is 0 Å². The van der Waals surface area contributed by atoms with Crippen molar-refractivity contribution in [3.8, 4) is 11.3 Å². The molecule has 14 heavy (non-hydrogen) atoms. The van der Waals surface area contributed by atoms with Gasteiger partial charge in [-0.25, -0.2) is 0 Å². The van der Waals surface area contributed by atoms with Crippen molar-refractivity contribution in [1.29, 1.82) is 0 Å². The van der Waals surface area contributed by atoms with E-state index in [4.69, 9.17) is 10.2 Å². The van der Waals surface area contributed by atoms with Gasteiger partial charge in [-0.3, -0.25) is 4.98 Å². The molecule has 2 heterocycles. The highest BCUT2D eigenvalue weighted by Crippen LogP contribution is 2.24. The smallest absolute Gasteiger partial charge is 0.137 e. The van der Waals surface area contributed by atoms with Crippen molar-refractivity contribution in [3.05, 3.63) is 42.4 Å². The molecular weight excluding hydrogens is 176 g/mol. The molecule has 0 bridgehead atoms. The number of hydrogen-bond donors (Lipinski definition) is 1. The van der Waals surface area contributed by atoms with Gasteiger partial charge in [0.1, 0.15) is 5.76 Å². The molecule has 0 aromatic carbocycles. The van der Waals surface area contributed by atoms with E-state index >= 15 is 0 Å². The average Bonchev–Trinajstić information content (AvgIpc) is 2.68. The fourth-order valence-electron chi connectivity index (χ4n) is 1.44. The Bertz CT molecular complexity index is 395. The number of nitrogens with zero attached hydrogens (tertiary/aromatic N) is 1. The summed E-state index contributed by atoms with van der Waals surface area (Å²) >= 11 is 0. The van der Waals surface area contributed by atoms with Crippen molar-refractivity contribution >= 4 is 0 Å². The second-order valence-corrected chi connectivity index (χ2v) is 3.05. The summed E-state index contributed by atoms with van der Waals surface area (Å²) < 4.78 is 5.42. The van der Waals surface area contributed by atoms with Gasteiger partial charge >= 0.3 is 0 Å². The lowest BCUT2D eigenvalue weighted by atomic mass is 10.1. The van der Waals surface area contributed by atoms with Gasteiger partial charge in [-0.2, -0.15) is 0 Å². The number of pyridine rings is 1. The van der Waals surface area contributed by atoms with E-state index in [1.807, 2.05) is 18.2 Å². The van der Waals surface area contributed by atoms with E-state index in [9.17, 15) is 0 Å². The SMILES string of the molecule is NCCc1ccoc1-c1ccncc1. The van der Waals surface area contributed by atoms with Gasteiger partial charge in [0.05, 0.1) is 6.26 Å². The molecule has 2 aromatic rings. The van der Waals surface area contributed by atoms with Gasteiger partial charge in [-0.1, -0.05) is 0 Å². The molecule has 0 saturated heterocycles. The first kappa shape index (κ1) is 8.97. The Morgan fingerprint density at radius 1 is 1.21 bits per heavy atom. The van der Waals surface area contributed by atoms with Gasteiger partial charge in [0, 0.05) is 18.0 Å². The average molecular weight is 188 g/mol. The monoisotopic (exact) mass is 188 g/mol. The molecule has 0 aliphatic carbocycles. The van der Waals surface area contributed by atoms with Gasteiger partial charge < -0.3 is 10.2 Å². The maximum Gasteiger partial charge on any atom is 0.137 e. The third-order valence-electron chi connectivity index (χ3n) is 2.10. The van der Waals surface area contributed by atoms with Crippen LogP contribution in [0.15, 0.2) is 41.3 Å². The van der Waals surface area contributed by atoms with Gasteiger partial charge in [0.2, 0.25) is 0 Å². The van der Waals surface area contributed by atoms with Crippen LogP contribution in [0.4, 0.5) is 0 Å². The van der Waals surface area contributed by atoms with Gasteiger partial charge in [0.25, 0.3) is 0 Å². The van der Waals surface area contributed by atoms with Crippen molar-refractivity contribution in [2.24, 2.45) is 5.73 Å². The third-order valence-corrected chi connectivity index (χ3v) is 2.10. The Balaban J connectivity index is 2.37. The predicted molar refractivity (Wildman–Crippen MR) is 54.7 cm³/mol. The zero-order valence-electron chi connectivity index (χ0n) is 7.81. The summed E-state index contributed by atoms with van der Waals surface area (Å²) in [5.41, 5.74) is 7.71. The molecule has 0 aliphatic heterocycles. The van der Waals surface area contributed by atoms with Crippen LogP contribution in [-0.4, -0.2) is 11.5 Å². The normalized spacial score (nSPS) is 10.4. The summed E-state index contributed by atoms with van der Waals surface area (Å²) in [5.74, 6) is 0.901. The molecule has 2 aromatic heterocycles. The van der Waals surface area contributed by atoms with E-state index < -0.39 is 0 Å². The Kier molecular flexibility index (Phi) is 2.60. The van der Waals surface area contributed by atoms with E-state index in [-0.39, 0.29) is 0 Å². The Morgan fingerprint density at radius 3 is 2.71 bits per heavy atom. The molecule has 0 spiro atoms. The summed E-state index contributed by atoms with van der Waals surface area (Å²) in [7, 11) is 0. The first-order chi connectivity index (χ1) is 6.92. The minimum absolute atomic E-state index is 0.637. The molecule has 0 saturated carbocycles. The largest absolute Gasteiger partial charge is 0.464 e. The summed E-state index contributed by atoms with van der Waals surface area (Å²) in [6, 6.07) is 5.82. The maximum absolute atomic E-state index is 5.51. The number of hydrogen-bond acceptors (Lipinski definition) is 3. The van der Waals surface area contributed by atoms with Crippen molar-refractivity contribution < 1.29 is 4.42 Å². The van der Waals surface area contributed by atoms with Crippen LogP contribution in [0.2, 0.25) is 0 Å². The van der Waals surface area contributed by atoms with Crippen LogP contribution in [0.3, 0.4) is 0 Å². The molecule has 2 N–H and O–H groups in total. The topological polar surface area (TPSA) is 52.0 Å². The first-order valence-electron chi connectivity index (χ1n) is 4.58. The summed E-state index contributed by atoms with van der Waals surface area (Å²) in [4.78, 5) is 3.96. The number of furan rings is 1. The first-order valence-corrected chi connectivity index (χ1v) is 4.58. The fourth-order valence-corrected chi connectivity index (χ4v) is 1.44. The number of nitrogens with two attached hydrogens (primary N) is 1. The highest BCUT2D eigenvalue weighted by atomic mass is 16.3. The maximum atomic E-state index is 5.51. The van der Waals surface area contributed by atoms with Crippen LogP contribution in [-0.2, 0) is 6.42 Å². The van der Waals surface area contributed by atoms with Crippen LogP contribution in [0.25, 0.3) is 11.3 Å². The molecule has 3 nitrogen and oxygen atoms in total. The molecule has 0 atom stereocenters. The molecular formula is C11H12N2O. The molecule has 0 radical (unpaired) electrons. The van der Waals surface area contributed by atoms with E-state index in [0.29, 0.717) is 6.54 Å². The summed E-state index contributed by atoms with van der Waals surface area (Å²) in [5, 5.41) is 0. The molecule has 72 valence electrons. The zero-order valence-corrected chi connectivity index (χ0v) is 7.81. The highest BCUT2D eigenvalue weighted by Gasteiger charge is 2.07. The Morgan fingerprint density at radius 2 is 2.00 bits per heavy atom. The molecule has 0 amide bonds. The number of aromatic nitrogens is 1. The van der Waals surface area contributed by atoms with Crippen molar-refractivity contribution in [2.75, 3.05) is 6.54 Å². The standard InChI is InChI=1S/C11H12N2O/c12-5-1-9-4-8-14-11(9)10-2-6-13-7-3-10/h2-4,6-8H,1,5,12H2. The lowest BCUT2D eigenvalue weighted by molar-refractivity contribution is 0.579. The van der Waals surface area contributed by atoms with Crippen molar-refractivity contribution in [2.45, 2.75) is 6.42 Å².